The van der Waals surface area contributed by atoms with Gasteiger partial charge in [0.25, 0.3) is 0 Å². The second kappa shape index (κ2) is 8.86. The number of hydrogen-bond donors (Lipinski definition) is 0. The van der Waals surface area contributed by atoms with Gasteiger partial charge >= 0.3 is 0 Å². The Morgan fingerprint density at radius 3 is 2.49 bits per heavy atom. The van der Waals surface area contributed by atoms with Gasteiger partial charge in [-0.15, -0.1) is 0 Å². The highest BCUT2D eigenvalue weighted by molar-refractivity contribution is 7.91. The first-order valence-corrected chi connectivity index (χ1v) is 15.0. The number of sulfonamides is 1. The number of piperazine rings is 1. The van der Waals surface area contributed by atoms with Crippen LogP contribution in [0.25, 0.3) is 0 Å². The molecule has 2 aromatic heterocycles. The summed E-state index contributed by atoms with van der Waals surface area (Å²) in [7, 11) is -2.16. The molecule has 206 valence electrons. The number of carbonyl (C=O) groups is 1. The molecule has 4 aliphatic rings. The zero-order chi connectivity index (χ0) is 27.7. The fourth-order valence-electron chi connectivity index (χ4n) is 6.75. The van der Waals surface area contributed by atoms with E-state index in [9.17, 15) is 18.5 Å². The molecule has 1 saturated carbocycles. The second-order valence-electron chi connectivity index (χ2n) is 11.7. The van der Waals surface area contributed by atoms with E-state index in [1.165, 1.54) is 4.31 Å². The highest BCUT2D eigenvalue weighted by atomic mass is 32.2. The Kier molecular flexibility index (Phi) is 5.89. The predicted molar refractivity (Wildman–Crippen MR) is 146 cm³/mol. The molecular weight excluding hydrogens is 516 g/mol. The lowest BCUT2D eigenvalue weighted by Crippen LogP contribution is -2.63. The van der Waals surface area contributed by atoms with Gasteiger partial charge in [-0.25, -0.2) is 27.7 Å². The number of nitriles is 1. The lowest BCUT2D eigenvalue weighted by molar-refractivity contribution is -0.136. The Labute approximate surface area is 229 Å². The molecule has 0 unspecified atom stereocenters. The maximum Gasteiger partial charge on any atom is 0.245 e. The molecule has 1 aliphatic carbocycles. The molecule has 0 bridgehead atoms. The SMILES string of the molecule is C[C@@H]1CN(c2ncnc3c2C2(CCC2)CN3c2cc(C#N)ccn2)[C@@H](C)CN1C(=O)[C@]1(C)CCN(C)S1(=O)=O. The molecule has 2 aromatic rings. The number of carbonyl (C=O) groups excluding carboxylic acids is 1. The molecule has 6 rings (SSSR count). The molecule has 1 amide bonds. The topological polar surface area (TPSA) is 127 Å². The van der Waals surface area contributed by atoms with E-state index in [2.05, 4.69) is 27.8 Å². The Hall–Kier alpha value is -3.30. The number of fused-ring (bicyclic) bond motifs is 2. The zero-order valence-electron chi connectivity index (χ0n) is 22.8. The standard InChI is InChI=1S/C27H34N8O3S/c1-18-15-34(25(36)26(3)9-11-32(4)39(26,37)38)19(2)14-33(18)23-22-24(31-17-30-23)35(16-27(22)7-5-8-27)21-12-20(13-28)6-10-29-21/h6,10,12,17-19H,5,7-9,11,14-16H2,1-4H3/t18-,19+,26-/m0/s1. The van der Waals surface area contributed by atoms with Crippen molar-refractivity contribution in [2.45, 2.75) is 68.7 Å². The summed E-state index contributed by atoms with van der Waals surface area (Å²) >= 11 is 0. The van der Waals surface area contributed by atoms with E-state index in [-0.39, 0.29) is 23.4 Å². The first-order chi connectivity index (χ1) is 18.5. The zero-order valence-corrected chi connectivity index (χ0v) is 23.6. The normalized spacial score (nSPS) is 29.3. The second-order valence-corrected chi connectivity index (χ2v) is 14.2. The van der Waals surface area contributed by atoms with Gasteiger partial charge in [0.05, 0.1) is 11.6 Å². The van der Waals surface area contributed by atoms with Crippen LogP contribution < -0.4 is 9.80 Å². The van der Waals surface area contributed by atoms with Crippen LogP contribution in [0.1, 0.15) is 57.6 Å². The van der Waals surface area contributed by atoms with Crippen molar-refractivity contribution in [3.05, 3.63) is 35.8 Å². The van der Waals surface area contributed by atoms with Crippen molar-refractivity contribution in [1.29, 1.82) is 5.26 Å². The third-order valence-electron chi connectivity index (χ3n) is 9.37. The van der Waals surface area contributed by atoms with Crippen molar-refractivity contribution in [1.82, 2.24) is 24.2 Å². The molecule has 0 radical (unpaired) electrons. The molecule has 0 N–H and O–H groups in total. The lowest BCUT2D eigenvalue weighted by Gasteiger charge is -2.48. The molecule has 2 saturated heterocycles. The minimum absolute atomic E-state index is 0.0687. The molecule has 11 nitrogen and oxygen atoms in total. The van der Waals surface area contributed by atoms with Gasteiger partial charge in [-0.05, 0) is 52.2 Å². The number of hydrogen-bond acceptors (Lipinski definition) is 9. The Morgan fingerprint density at radius 1 is 1.10 bits per heavy atom. The number of aromatic nitrogens is 3. The maximum absolute atomic E-state index is 13.7. The number of pyridine rings is 1. The average Bonchev–Trinajstić information content (AvgIpc) is 3.38. The fraction of sp³-hybridized carbons (Fsp3) is 0.593. The first kappa shape index (κ1) is 26.0. The van der Waals surface area contributed by atoms with Crippen molar-refractivity contribution in [3.8, 4) is 6.07 Å². The Morgan fingerprint density at radius 2 is 1.85 bits per heavy atom. The monoisotopic (exact) mass is 550 g/mol. The molecular formula is C27H34N8O3S. The average molecular weight is 551 g/mol. The van der Waals surface area contributed by atoms with Crippen molar-refractivity contribution in [2.24, 2.45) is 0 Å². The van der Waals surface area contributed by atoms with E-state index in [4.69, 9.17) is 9.97 Å². The van der Waals surface area contributed by atoms with Crippen LogP contribution in [0, 0.1) is 11.3 Å². The van der Waals surface area contributed by atoms with E-state index in [0.29, 0.717) is 37.4 Å². The number of nitrogens with zero attached hydrogens (tertiary/aromatic N) is 8. The maximum atomic E-state index is 13.7. The molecule has 3 atom stereocenters. The van der Waals surface area contributed by atoms with Gasteiger partial charge in [0.1, 0.15) is 23.8 Å². The largest absolute Gasteiger partial charge is 0.350 e. The van der Waals surface area contributed by atoms with E-state index < -0.39 is 14.8 Å². The number of amides is 1. The molecule has 0 aromatic carbocycles. The van der Waals surface area contributed by atoms with Gasteiger partial charge in [-0.2, -0.15) is 5.26 Å². The van der Waals surface area contributed by atoms with Gasteiger partial charge in [-0.3, -0.25) is 4.79 Å². The summed E-state index contributed by atoms with van der Waals surface area (Å²) in [4.78, 5) is 33.9. The van der Waals surface area contributed by atoms with Crippen molar-refractivity contribution in [2.75, 3.05) is 43.0 Å². The van der Waals surface area contributed by atoms with Gasteiger partial charge in [0.15, 0.2) is 4.75 Å². The molecule has 3 fully saturated rings. The summed E-state index contributed by atoms with van der Waals surface area (Å²) in [6, 6.07) is 5.44. The number of rotatable bonds is 3. The predicted octanol–water partition coefficient (Wildman–Crippen LogP) is 2.17. The van der Waals surface area contributed by atoms with Gasteiger partial charge in [0, 0.05) is 62.5 Å². The van der Waals surface area contributed by atoms with Crippen LogP contribution in [0.3, 0.4) is 0 Å². The fourth-order valence-corrected chi connectivity index (χ4v) is 8.45. The minimum atomic E-state index is -3.70. The summed E-state index contributed by atoms with van der Waals surface area (Å²) in [5.41, 5.74) is 1.59. The van der Waals surface area contributed by atoms with E-state index in [0.717, 1.165) is 43.0 Å². The molecule has 39 heavy (non-hydrogen) atoms. The van der Waals surface area contributed by atoms with Gasteiger partial charge in [0.2, 0.25) is 15.9 Å². The first-order valence-electron chi connectivity index (χ1n) is 13.6. The van der Waals surface area contributed by atoms with Crippen LogP contribution >= 0.6 is 0 Å². The molecule has 12 heteroatoms. The Bertz CT molecular complexity index is 1490. The van der Waals surface area contributed by atoms with Crippen molar-refractivity contribution in [3.63, 3.8) is 0 Å². The lowest BCUT2D eigenvalue weighted by atomic mass is 9.66. The smallest absolute Gasteiger partial charge is 0.245 e. The van der Waals surface area contributed by atoms with Crippen LogP contribution in [-0.2, 0) is 20.2 Å². The molecule has 3 aliphatic heterocycles. The van der Waals surface area contributed by atoms with Crippen LogP contribution in [-0.4, -0.2) is 88.5 Å². The molecule has 5 heterocycles. The minimum Gasteiger partial charge on any atom is -0.350 e. The molecule has 1 spiro atoms. The Balaban J connectivity index is 1.33. The summed E-state index contributed by atoms with van der Waals surface area (Å²) in [5.74, 6) is 2.10. The van der Waals surface area contributed by atoms with E-state index in [1.54, 1.807) is 43.5 Å². The van der Waals surface area contributed by atoms with Crippen LogP contribution in [0.5, 0.6) is 0 Å². The number of anilines is 3. The summed E-state index contributed by atoms with van der Waals surface area (Å²) in [6.07, 6.45) is 6.73. The third kappa shape index (κ3) is 3.66. The highest BCUT2D eigenvalue weighted by Gasteiger charge is 2.56. The quantitative estimate of drug-likeness (QED) is 0.565. The van der Waals surface area contributed by atoms with Gasteiger partial charge in [-0.1, -0.05) is 6.42 Å². The van der Waals surface area contributed by atoms with Crippen LogP contribution in [0.4, 0.5) is 17.5 Å². The van der Waals surface area contributed by atoms with Crippen molar-refractivity contribution < 1.29 is 13.2 Å². The van der Waals surface area contributed by atoms with E-state index >= 15 is 0 Å². The summed E-state index contributed by atoms with van der Waals surface area (Å²) in [6.45, 7) is 7.66. The van der Waals surface area contributed by atoms with Crippen molar-refractivity contribution >= 4 is 33.4 Å². The van der Waals surface area contributed by atoms with Crippen LogP contribution in [0.15, 0.2) is 24.7 Å². The van der Waals surface area contributed by atoms with E-state index in [1.807, 2.05) is 6.92 Å². The highest BCUT2D eigenvalue weighted by Crippen LogP contribution is 2.56. The van der Waals surface area contributed by atoms with Crippen LogP contribution in [0.2, 0.25) is 0 Å². The summed E-state index contributed by atoms with van der Waals surface area (Å²) in [5, 5.41) is 9.42. The summed E-state index contributed by atoms with van der Waals surface area (Å²) < 4.78 is 25.9. The third-order valence-corrected chi connectivity index (χ3v) is 11.9. The van der Waals surface area contributed by atoms with Gasteiger partial charge < -0.3 is 14.7 Å².